The summed E-state index contributed by atoms with van der Waals surface area (Å²) in [6.45, 7) is 3.30. The van der Waals surface area contributed by atoms with Crippen molar-refractivity contribution in [3.05, 3.63) is 0 Å². The number of hydrogen-bond acceptors (Lipinski definition) is 3. The summed E-state index contributed by atoms with van der Waals surface area (Å²) in [5, 5.41) is 10.4. The molecule has 0 bridgehead atoms. The summed E-state index contributed by atoms with van der Waals surface area (Å²) in [6.07, 6.45) is -2.51. The van der Waals surface area contributed by atoms with E-state index < -0.39 is 12.1 Å². The molecule has 2 N–H and O–H groups in total. The first-order chi connectivity index (χ1) is 7.38. The zero-order valence-electron chi connectivity index (χ0n) is 9.01. The van der Waals surface area contributed by atoms with E-state index in [0.29, 0.717) is 0 Å². The lowest BCUT2D eigenvalue weighted by Crippen LogP contribution is -2.29. The summed E-state index contributed by atoms with van der Waals surface area (Å²) >= 11 is 0. The fourth-order valence-corrected chi connectivity index (χ4v) is 1.28. The van der Waals surface area contributed by atoms with Crippen LogP contribution in [-0.4, -0.2) is 44.1 Å². The molecular weight excluding hydrogens is 227 g/mol. The standard InChI is InChI=1S/C7H15NO.C2HF3O2/c1-9-6-7-2-4-8-5-3-7;3-2(4,5)1(6)7/h7-8H,2-6H2,1H3;(H,6,7). The molecule has 1 aliphatic heterocycles. The Bertz CT molecular complexity index is 200. The number of nitrogens with one attached hydrogen (secondary N) is 1. The molecule has 0 amide bonds. The molecule has 1 saturated heterocycles. The molecule has 0 saturated carbocycles. The third-order valence-electron chi connectivity index (χ3n) is 2.10. The fraction of sp³-hybridized carbons (Fsp3) is 0.889. The molecule has 0 atom stereocenters. The molecular formula is C9H16F3NO3. The van der Waals surface area contributed by atoms with Crippen molar-refractivity contribution in [2.75, 3.05) is 26.8 Å². The van der Waals surface area contributed by atoms with Gasteiger partial charge in [0.1, 0.15) is 0 Å². The van der Waals surface area contributed by atoms with Crippen molar-refractivity contribution < 1.29 is 27.8 Å². The number of ether oxygens (including phenoxy) is 1. The van der Waals surface area contributed by atoms with Crippen molar-refractivity contribution in [2.45, 2.75) is 19.0 Å². The number of piperidine rings is 1. The van der Waals surface area contributed by atoms with Crippen LogP contribution < -0.4 is 5.32 Å². The predicted octanol–water partition coefficient (Wildman–Crippen LogP) is 1.27. The minimum absolute atomic E-state index is 0.816. The van der Waals surface area contributed by atoms with Crippen LogP contribution in [0.15, 0.2) is 0 Å². The van der Waals surface area contributed by atoms with Gasteiger partial charge in [-0.1, -0.05) is 0 Å². The van der Waals surface area contributed by atoms with Crippen LogP contribution in [0.25, 0.3) is 0 Å². The summed E-state index contributed by atoms with van der Waals surface area (Å²) in [5.41, 5.74) is 0. The largest absolute Gasteiger partial charge is 0.490 e. The van der Waals surface area contributed by atoms with Gasteiger partial charge >= 0.3 is 12.1 Å². The van der Waals surface area contributed by atoms with Crippen LogP contribution >= 0.6 is 0 Å². The number of carboxylic acid groups (broad SMARTS) is 1. The van der Waals surface area contributed by atoms with Gasteiger partial charge in [0.2, 0.25) is 0 Å². The van der Waals surface area contributed by atoms with Crippen LogP contribution in [0, 0.1) is 5.92 Å². The van der Waals surface area contributed by atoms with Crippen LogP contribution in [-0.2, 0) is 9.53 Å². The molecule has 0 radical (unpaired) electrons. The van der Waals surface area contributed by atoms with E-state index in [1.165, 1.54) is 25.9 Å². The number of rotatable bonds is 2. The highest BCUT2D eigenvalue weighted by molar-refractivity contribution is 5.73. The third kappa shape index (κ3) is 7.47. The molecule has 4 nitrogen and oxygen atoms in total. The van der Waals surface area contributed by atoms with E-state index in [-0.39, 0.29) is 0 Å². The second-order valence-corrected chi connectivity index (χ2v) is 3.45. The Morgan fingerprint density at radius 2 is 1.88 bits per heavy atom. The Kier molecular flexibility index (Phi) is 7.07. The molecule has 1 aliphatic rings. The van der Waals surface area contributed by atoms with Gasteiger partial charge in [0.25, 0.3) is 0 Å². The van der Waals surface area contributed by atoms with E-state index in [2.05, 4.69) is 5.32 Å². The van der Waals surface area contributed by atoms with Crippen LogP contribution in [0.1, 0.15) is 12.8 Å². The highest BCUT2D eigenvalue weighted by Gasteiger charge is 2.38. The zero-order valence-corrected chi connectivity index (χ0v) is 9.01. The van der Waals surface area contributed by atoms with E-state index in [9.17, 15) is 13.2 Å². The summed E-state index contributed by atoms with van der Waals surface area (Å²) in [5.74, 6) is -1.94. The van der Waals surface area contributed by atoms with Crippen LogP contribution in [0.5, 0.6) is 0 Å². The first-order valence-corrected chi connectivity index (χ1v) is 4.87. The maximum Gasteiger partial charge on any atom is 0.490 e. The Morgan fingerprint density at radius 1 is 1.44 bits per heavy atom. The quantitative estimate of drug-likeness (QED) is 0.766. The van der Waals surface area contributed by atoms with E-state index >= 15 is 0 Å². The van der Waals surface area contributed by atoms with Crippen molar-refractivity contribution in [3.63, 3.8) is 0 Å². The molecule has 1 fully saturated rings. The first kappa shape index (κ1) is 15.2. The van der Waals surface area contributed by atoms with Gasteiger partial charge in [0.05, 0.1) is 0 Å². The fourth-order valence-electron chi connectivity index (χ4n) is 1.28. The lowest BCUT2D eigenvalue weighted by Gasteiger charge is -2.21. The Hall–Kier alpha value is -0.820. The molecule has 16 heavy (non-hydrogen) atoms. The number of alkyl halides is 3. The molecule has 7 heteroatoms. The number of aliphatic carboxylic acids is 1. The SMILES string of the molecule is COCC1CCNCC1.O=C(O)C(F)(F)F. The molecule has 1 rings (SSSR count). The van der Waals surface area contributed by atoms with Crippen molar-refractivity contribution in [2.24, 2.45) is 5.92 Å². The Labute approximate surface area is 91.8 Å². The smallest absolute Gasteiger partial charge is 0.475 e. The van der Waals surface area contributed by atoms with Crippen LogP contribution in [0.2, 0.25) is 0 Å². The average molecular weight is 243 g/mol. The molecule has 0 aromatic heterocycles. The van der Waals surface area contributed by atoms with Gasteiger partial charge < -0.3 is 15.2 Å². The van der Waals surface area contributed by atoms with Gasteiger partial charge in [-0.3, -0.25) is 0 Å². The normalized spacial score (nSPS) is 17.5. The second-order valence-electron chi connectivity index (χ2n) is 3.45. The monoisotopic (exact) mass is 243 g/mol. The van der Waals surface area contributed by atoms with Crippen molar-refractivity contribution in [3.8, 4) is 0 Å². The Morgan fingerprint density at radius 3 is 2.19 bits per heavy atom. The molecule has 0 aliphatic carbocycles. The van der Waals surface area contributed by atoms with E-state index in [1.54, 1.807) is 7.11 Å². The lowest BCUT2D eigenvalue weighted by molar-refractivity contribution is -0.192. The van der Waals surface area contributed by atoms with Crippen molar-refractivity contribution in [1.29, 1.82) is 0 Å². The number of halogens is 3. The molecule has 1 heterocycles. The lowest BCUT2D eigenvalue weighted by atomic mass is 10.00. The zero-order chi connectivity index (χ0) is 12.6. The number of carbonyl (C=O) groups is 1. The first-order valence-electron chi connectivity index (χ1n) is 4.87. The number of carboxylic acids is 1. The third-order valence-corrected chi connectivity index (χ3v) is 2.10. The van der Waals surface area contributed by atoms with Gasteiger partial charge in [0, 0.05) is 13.7 Å². The van der Waals surface area contributed by atoms with Gasteiger partial charge in [-0.15, -0.1) is 0 Å². The van der Waals surface area contributed by atoms with Crippen molar-refractivity contribution >= 4 is 5.97 Å². The number of methoxy groups -OCH3 is 1. The predicted molar refractivity (Wildman–Crippen MR) is 51.2 cm³/mol. The van der Waals surface area contributed by atoms with E-state index in [1.807, 2.05) is 0 Å². The van der Waals surface area contributed by atoms with E-state index in [0.717, 1.165) is 12.5 Å². The second kappa shape index (κ2) is 7.45. The molecule has 0 spiro atoms. The highest BCUT2D eigenvalue weighted by atomic mass is 19.4. The summed E-state index contributed by atoms with van der Waals surface area (Å²) in [7, 11) is 1.78. The highest BCUT2D eigenvalue weighted by Crippen LogP contribution is 2.13. The number of hydrogen-bond donors (Lipinski definition) is 2. The van der Waals surface area contributed by atoms with Crippen LogP contribution in [0.3, 0.4) is 0 Å². The summed E-state index contributed by atoms with van der Waals surface area (Å²) < 4.78 is 36.8. The van der Waals surface area contributed by atoms with Crippen molar-refractivity contribution in [1.82, 2.24) is 5.32 Å². The Balaban J connectivity index is 0.000000293. The van der Waals surface area contributed by atoms with Gasteiger partial charge in [0.15, 0.2) is 0 Å². The van der Waals surface area contributed by atoms with Gasteiger partial charge in [-0.2, -0.15) is 13.2 Å². The maximum atomic E-state index is 10.6. The minimum Gasteiger partial charge on any atom is -0.475 e. The topological polar surface area (TPSA) is 58.6 Å². The summed E-state index contributed by atoms with van der Waals surface area (Å²) in [6, 6.07) is 0. The summed E-state index contributed by atoms with van der Waals surface area (Å²) in [4.78, 5) is 8.90. The van der Waals surface area contributed by atoms with Crippen LogP contribution in [0.4, 0.5) is 13.2 Å². The average Bonchev–Trinajstić information content (AvgIpc) is 2.19. The van der Waals surface area contributed by atoms with Gasteiger partial charge in [-0.05, 0) is 31.8 Å². The molecule has 0 unspecified atom stereocenters. The molecule has 0 aromatic rings. The minimum atomic E-state index is -5.08. The molecule has 96 valence electrons. The van der Waals surface area contributed by atoms with E-state index in [4.69, 9.17) is 14.6 Å². The molecule has 0 aromatic carbocycles. The van der Waals surface area contributed by atoms with Gasteiger partial charge in [-0.25, -0.2) is 4.79 Å². The maximum absolute atomic E-state index is 10.6.